The Morgan fingerprint density at radius 1 is 1.35 bits per heavy atom. The van der Waals surface area contributed by atoms with Gasteiger partial charge in [0.15, 0.2) is 0 Å². The molecule has 0 aromatic heterocycles. The van der Waals surface area contributed by atoms with E-state index in [0.29, 0.717) is 25.0 Å². The van der Waals surface area contributed by atoms with Gasteiger partial charge in [-0.3, -0.25) is 4.79 Å². The Bertz CT molecular complexity index is 584. The van der Waals surface area contributed by atoms with Crippen LogP contribution in [0.2, 0.25) is 0 Å². The molecule has 0 amide bonds. The second kappa shape index (κ2) is 7.06. The van der Waals surface area contributed by atoms with Crippen molar-refractivity contribution in [2.45, 2.75) is 20.0 Å². The summed E-state index contributed by atoms with van der Waals surface area (Å²) in [5, 5.41) is 0. The van der Waals surface area contributed by atoms with Gasteiger partial charge in [0, 0.05) is 11.8 Å². The molecule has 0 saturated carbocycles. The SMILES string of the molecule is CC1=CC(C)C2COC(c3ccccc3)C1[C@@H]2COC(=O)CCl. The minimum absolute atomic E-state index is 0.0240. The van der Waals surface area contributed by atoms with Crippen molar-refractivity contribution in [3.05, 3.63) is 47.5 Å². The normalized spacial score (nSPS) is 33.0. The van der Waals surface area contributed by atoms with Crippen molar-refractivity contribution in [2.24, 2.45) is 23.7 Å². The monoisotopic (exact) mass is 334 g/mol. The molecule has 0 radical (unpaired) electrons. The maximum atomic E-state index is 11.5. The van der Waals surface area contributed by atoms with Gasteiger partial charge < -0.3 is 9.47 Å². The summed E-state index contributed by atoms with van der Waals surface area (Å²) < 4.78 is 11.6. The van der Waals surface area contributed by atoms with Crippen LogP contribution < -0.4 is 0 Å². The van der Waals surface area contributed by atoms with E-state index in [4.69, 9.17) is 21.1 Å². The topological polar surface area (TPSA) is 35.5 Å². The van der Waals surface area contributed by atoms with Crippen molar-refractivity contribution in [1.82, 2.24) is 0 Å². The van der Waals surface area contributed by atoms with E-state index in [9.17, 15) is 4.79 Å². The molecule has 1 fully saturated rings. The molecule has 4 heteroatoms. The smallest absolute Gasteiger partial charge is 0.320 e. The zero-order valence-electron chi connectivity index (χ0n) is 13.6. The lowest BCUT2D eigenvalue weighted by molar-refractivity contribution is -0.152. The van der Waals surface area contributed by atoms with Crippen LogP contribution in [-0.2, 0) is 14.3 Å². The van der Waals surface area contributed by atoms with Crippen LogP contribution in [0.15, 0.2) is 42.0 Å². The van der Waals surface area contributed by atoms with Crippen LogP contribution in [0, 0.1) is 23.7 Å². The first-order valence-electron chi connectivity index (χ1n) is 8.18. The Morgan fingerprint density at radius 2 is 2.09 bits per heavy atom. The summed E-state index contributed by atoms with van der Waals surface area (Å²) in [5.74, 6) is 0.901. The fourth-order valence-corrected chi connectivity index (χ4v) is 4.18. The number of carbonyl (C=O) groups excluding carboxylic acids is 1. The molecular formula is C19H23ClO3. The molecule has 0 spiro atoms. The number of alkyl halides is 1. The molecule has 1 saturated heterocycles. The van der Waals surface area contributed by atoms with Crippen molar-refractivity contribution in [2.75, 3.05) is 19.1 Å². The van der Waals surface area contributed by atoms with E-state index >= 15 is 0 Å². The Labute approximate surface area is 142 Å². The standard InChI is InChI=1S/C19H23ClO3/c1-12-8-13(2)18-16(11-22-17(21)9-20)15(12)10-23-19(18)14-6-4-3-5-7-14/h3-8,12,15-16,18-19H,9-11H2,1-2H3/t12?,15?,16-,18?,19?/m1/s1. The number of hydrogen-bond donors (Lipinski definition) is 0. The number of hydrogen-bond acceptors (Lipinski definition) is 3. The average molecular weight is 335 g/mol. The van der Waals surface area contributed by atoms with Crippen molar-refractivity contribution in [1.29, 1.82) is 0 Å². The molecule has 3 nitrogen and oxygen atoms in total. The van der Waals surface area contributed by atoms with E-state index in [0.717, 1.165) is 0 Å². The third kappa shape index (κ3) is 3.31. The Morgan fingerprint density at radius 3 is 2.78 bits per heavy atom. The highest BCUT2D eigenvalue weighted by molar-refractivity contribution is 6.26. The molecule has 4 unspecified atom stereocenters. The van der Waals surface area contributed by atoms with Gasteiger partial charge >= 0.3 is 5.97 Å². The van der Waals surface area contributed by atoms with E-state index in [1.807, 2.05) is 18.2 Å². The number of halogens is 1. The summed E-state index contributed by atoms with van der Waals surface area (Å²) in [7, 11) is 0. The molecule has 2 aliphatic rings. The second-order valence-corrected chi connectivity index (χ2v) is 6.87. The molecule has 2 bridgehead atoms. The Balaban J connectivity index is 1.88. The highest BCUT2D eigenvalue weighted by Crippen LogP contribution is 2.49. The van der Waals surface area contributed by atoms with Crippen LogP contribution in [0.5, 0.6) is 0 Å². The lowest BCUT2D eigenvalue weighted by atomic mass is 9.64. The number of allylic oxidation sites excluding steroid dienone is 1. The van der Waals surface area contributed by atoms with E-state index in [-0.39, 0.29) is 29.8 Å². The number of esters is 1. The number of ether oxygens (including phenoxy) is 2. The van der Waals surface area contributed by atoms with Crippen molar-refractivity contribution in [3.63, 3.8) is 0 Å². The first kappa shape index (κ1) is 16.5. The van der Waals surface area contributed by atoms with Gasteiger partial charge in [-0.25, -0.2) is 0 Å². The van der Waals surface area contributed by atoms with Crippen LogP contribution in [0.25, 0.3) is 0 Å². The van der Waals surface area contributed by atoms with Gasteiger partial charge in [-0.2, -0.15) is 0 Å². The molecule has 124 valence electrons. The summed E-state index contributed by atoms with van der Waals surface area (Å²) in [6.45, 7) is 5.50. The molecule has 23 heavy (non-hydrogen) atoms. The summed E-state index contributed by atoms with van der Waals surface area (Å²) in [5.41, 5.74) is 2.51. The van der Waals surface area contributed by atoms with Gasteiger partial charge in [0.1, 0.15) is 5.88 Å². The van der Waals surface area contributed by atoms with E-state index < -0.39 is 0 Å². The van der Waals surface area contributed by atoms with Crippen molar-refractivity contribution < 1.29 is 14.3 Å². The van der Waals surface area contributed by atoms with Gasteiger partial charge in [0.2, 0.25) is 0 Å². The molecule has 1 aromatic rings. The third-order valence-corrected chi connectivity index (χ3v) is 5.42. The van der Waals surface area contributed by atoms with Gasteiger partial charge in [-0.1, -0.05) is 48.9 Å². The van der Waals surface area contributed by atoms with E-state index in [1.165, 1.54) is 11.1 Å². The molecule has 1 heterocycles. The first-order valence-corrected chi connectivity index (χ1v) is 8.71. The van der Waals surface area contributed by atoms with Gasteiger partial charge in [-0.15, -0.1) is 11.6 Å². The number of rotatable bonds is 4. The fraction of sp³-hybridized carbons (Fsp3) is 0.526. The molecule has 1 aliphatic carbocycles. The van der Waals surface area contributed by atoms with Crippen LogP contribution in [0.4, 0.5) is 0 Å². The number of carbonyl (C=O) groups is 1. The minimum atomic E-state index is -0.346. The summed E-state index contributed by atoms with van der Waals surface area (Å²) in [4.78, 5) is 11.5. The number of benzene rings is 1. The van der Waals surface area contributed by atoms with Crippen molar-refractivity contribution >= 4 is 17.6 Å². The molecule has 1 aromatic carbocycles. The lowest BCUT2D eigenvalue weighted by Gasteiger charge is -2.48. The maximum absolute atomic E-state index is 11.5. The van der Waals surface area contributed by atoms with E-state index in [1.54, 1.807) is 0 Å². The van der Waals surface area contributed by atoms with Crippen molar-refractivity contribution in [3.8, 4) is 0 Å². The zero-order chi connectivity index (χ0) is 16.4. The first-order chi connectivity index (χ1) is 11.1. The predicted octanol–water partition coefficient (Wildman–Crippen LogP) is 3.98. The Hall–Kier alpha value is -1.32. The summed E-state index contributed by atoms with van der Waals surface area (Å²) in [6.07, 6.45) is 2.38. The molecule has 0 N–H and O–H groups in total. The quantitative estimate of drug-likeness (QED) is 0.474. The molecular weight excluding hydrogens is 312 g/mol. The predicted molar refractivity (Wildman–Crippen MR) is 90.2 cm³/mol. The van der Waals surface area contributed by atoms with Gasteiger partial charge in [-0.05, 0) is 24.3 Å². The molecule has 1 aliphatic heterocycles. The van der Waals surface area contributed by atoms with E-state index in [2.05, 4.69) is 32.1 Å². The van der Waals surface area contributed by atoms with Gasteiger partial charge in [0.05, 0.1) is 19.3 Å². The van der Waals surface area contributed by atoms with Crippen LogP contribution in [-0.4, -0.2) is 25.1 Å². The minimum Gasteiger partial charge on any atom is -0.464 e. The number of fused-ring (bicyclic) bond motifs is 2. The lowest BCUT2D eigenvalue weighted by Crippen LogP contribution is -2.46. The highest BCUT2D eigenvalue weighted by Gasteiger charge is 2.46. The highest BCUT2D eigenvalue weighted by atomic mass is 35.5. The van der Waals surface area contributed by atoms with Crippen LogP contribution in [0.3, 0.4) is 0 Å². The van der Waals surface area contributed by atoms with Crippen LogP contribution >= 0.6 is 11.6 Å². The van der Waals surface area contributed by atoms with Gasteiger partial charge in [0.25, 0.3) is 0 Å². The largest absolute Gasteiger partial charge is 0.464 e. The second-order valence-electron chi connectivity index (χ2n) is 6.60. The summed E-state index contributed by atoms with van der Waals surface area (Å²) in [6, 6.07) is 10.3. The van der Waals surface area contributed by atoms with Crippen LogP contribution in [0.1, 0.15) is 25.5 Å². The maximum Gasteiger partial charge on any atom is 0.320 e. The molecule has 5 atom stereocenters. The Kier molecular flexibility index (Phi) is 5.08. The zero-order valence-corrected chi connectivity index (χ0v) is 14.3. The third-order valence-electron chi connectivity index (χ3n) is 5.21. The average Bonchev–Trinajstić information content (AvgIpc) is 2.58. The molecule has 3 rings (SSSR count). The fourth-order valence-electron chi connectivity index (χ4n) is 4.10. The summed E-state index contributed by atoms with van der Waals surface area (Å²) >= 11 is 5.56.